The van der Waals surface area contributed by atoms with E-state index in [0.29, 0.717) is 40.1 Å². The number of carbonyl (C=O) groups is 1. The summed E-state index contributed by atoms with van der Waals surface area (Å²) in [5.41, 5.74) is 2.08. The lowest BCUT2D eigenvalue weighted by Gasteiger charge is -2.11. The third kappa shape index (κ3) is 4.56. The van der Waals surface area contributed by atoms with Gasteiger partial charge < -0.3 is 18.7 Å². The van der Waals surface area contributed by atoms with Crippen molar-refractivity contribution in [3.05, 3.63) is 78.4 Å². The monoisotopic (exact) mass is 416 g/mol. The van der Waals surface area contributed by atoms with Gasteiger partial charge in [0.15, 0.2) is 23.9 Å². The first-order chi connectivity index (χ1) is 15.2. The average molecular weight is 416 g/mol. The van der Waals surface area contributed by atoms with Gasteiger partial charge in [0, 0.05) is 16.7 Å². The Bertz CT molecular complexity index is 1170. The number of Topliss-reactive ketones (excluding diaryl/α,β-unsaturated/α-hetero) is 1. The summed E-state index contributed by atoms with van der Waals surface area (Å²) < 4.78 is 21.6. The molecule has 4 rings (SSSR count). The van der Waals surface area contributed by atoms with Crippen LogP contribution in [0.2, 0.25) is 0 Å². The molecule has 0 radical (unpaired) electrons. The second kappa shape index (κ2) is 9.13. The second-order valence-corrected chi connectivity index (χ2v) is 6.60. The molecular formula is C24H20N2O5. The molecule has 1 aromatic heterocycles. The van der Waals surface area contributed by atoms with Gasteiger partial charge >= 0.3 is 0 Å². The molecule has 0 aliphatic heterocycles. The number of hydrogen-bond donors (Lipinski definition) is 0. The van der Waals surface area contributed by atoms with E-state index in [-0.39, 0.29) is 12.4 Å². The number of benzene rings is 3. The molecule has 0 aliphatic rings. The van der Waals surface area contributed by atoms with Gasteiger partial charge in [-0.3, -0.25) is 4.79 Å². The number of nitrogens with zero attached hydrogens (tertiary/aromatic N) is 2. The van der Waals surface area contributed by atoms with Crippen LogP contribution in [0.25, 0.3) is 22.8 Å². The quantitative estimate of drug-likeness (QED) is 0.386. The molecule has 0 saturated carbocycles. The van der Waals surface area contributed by atoms with Gasteiger partial charge in [-0.1, -0.05) is 23.4 Å². The molecule has 7 nitrogen and oxygen atoms in total. The highest BCUT2D eigenvalue weighted by atomic mass is 16.5. The van der Waals surface area contributed by atoms with Gasteiger partial charge in [-0.05, 0) is 54.6 Å². The van der Waals surface area contributed by atoms with Gasteiger partial charge in [0.25, 0.3) is 5.89 Å². The summed E-state index contributed by atoms with van der Waals surface area (Å²) >= 11 is 0. The van der Waals surface area contributed by atoms with Gasteiger partial charge in [0.2, 0.25) is 5.82 Å². The minimum absolute atomic E-state index is 0.123. The standard InChI is InChI=1S/C24H20N2O5/c1-28-19-11-8-16(9-12-19)20(27)15-30-21-13-10-18(14-22(21)29-2)23-25-24(31-26-23)17-6-4-3-5-7-17/h3-14H,15H2,1-2H3. The van der Waals surface area contributed by atoms with Crippen LogP contribution in [0.1, 0.15) is 10.4 Å². The first-order valence-electron chi connectivity index (χ1n) is 9.55. The Morgan fingerprint density at radius 1 is 0.871 bits per heavy atom. The molecule has 0 saturated heterocycles. The van der Waals surface area contributed by atoms with Crippen LogP contribution in [0.3, 0.4) is 0 Å². The van der Waals surface area contributed by atoms with Crippen LogP contribution in [0.4, 0.5) is 0 Å². The predicted molar refractivity (Wildman–Crippen MR) is 115 cm³/mol. The normalized spacial score (nSPS) is 10.5. The summed E-state index contributed by atoms with van der Waals surface area (Å²) in [5.74, 6) is 2.30. The van der Waals surface area contributed by atoms with Crippen LogP contribution < -0.4 is 14.2 Å². The Morgan fingerprint density at radius 2 is 1.65 bits per heavy atom. The third-order valence-corrected chi connectivity index (χ3v) is 4.64. The summed E-state index contributed by atoms with van der Waals surface area (Å²) in [7, 11) is 3.11. The van der Waals surface area contributed by atoms with E-state index in [9.17, 15) is 4.79 Å². The molecule has 0 N–H and O–H groups in total. The lowest BCUT2D eigenvalue weighted by molar-refractivity contribution is 0.0919. The van der Waals surface area contributed by atoms with Crippen LogP contribution in [0, 0.1) is 0 Å². The Morgan fingerprint density at radius 3 is 2.35 bits per heavy atom. The number of hydrogen-bond acceptors (Lipinski definition) is 7. The summed E-state index contributed by atoms with van der Waals surface area (Å²) in [6, 6.07) is 21.6. The number of ether oxygens (including phenoxy) is 3. The van der Waals surface area contributed by atoms with E-state index in [1.807, 2.05) is 30.3 Å². The SMILES string of the molecule is COc1ccc(C(=O)COc2ccc(-c3noc(-c4ccccc4)n3)cc2OC)cc1. The molecule has 0 aliphatic carbocycles. The zero-order chi connectivity index (χ0) is 21.6. The molecule has 0 bridgehead atoms. The molecular weight excluding hydrogens is 396 g/mol. The fraction of sp³-hybridized carbons (Fsp3) is 0.125. The number of aromatic nitrogens is 2. The second-order valence-electron chi connectivity index (χ2n) is 6.60. The number of carbonyl (C=O) groups excluding carboxylic acids is 1. The van der Waals surface area contributed by atoms with Gasteiger partial charge in [0.1, 0.15) is 5.75 Å². The predicted octanol–water partition coefficient (Wildman–Crippen LogP) is 4.68. The fourth-order valence-corrected chi connectivity index (χ4v) is 2.97. The molecule has 4 aromatic rings. The first kappa shape index (κ1) is 20.2. The molecule has 0 fully saturated rings. The molecule has 1 heterocycles. The summed E-state index contributed by atoms with van der Waals surface area (Å²) in [6.07, 6.45) is 0. The highest BCUT2D eigenvalue weighted by Crippen LogP contribution is 2.32. The first-order valence-corrected chi connectivity index (χ1v) is 9.55. The molecule has 0 spiro atoms. The van der Waals surface area contributed by atoms with Crippen molar-refractivity contribution in [2.75, 3.05) is 20.8 Å². The molecule has 0 atom stereocenters. The summed E-state index contributed by atoms with van der Waals surface area (Å²) in [6.45, 7) is -0.123. The van der Waals surface area contributed by atoms with E-state index in [1.165, 1.54) is 7.11 Å². The van der Waals surface area contributed by atoms with Crippen molar-refractivity contribution in [2.24, 2.45) is 0 Å². The maximum absolute atomic E-state index is 12.4. The van der Waals surface area contributed by atoms with E-state index in [2.05, 4.69) is 10.1 Å². The average Bonchev–Trinajstić information content (AvgIpc) is 3.33. The van der Waals surface area contributed by atoms with Gasteiger partial charge in [-0.25, -0.2) is 0 Å². The van der Waals surface area contributed by atoms with Crippen molar-refractivity contribution >= 4 is 5.78 Å². The van der Waals surface area contributed by atoms with E-state index in [1.54, 1.807) is 49.6 Å². The Balaban J connectivity index is 1.48. The Hall–Kier alpha value is -4.13. The lowest BCUT2D eigenvalue weighted by Crippen LogP contribution is -2.12. The Kier molecular flexibility index (Phi) is 5.93. The Labute approximate surface area is 179 Å². The lowest BCUT2D eigenvalue weighted by atomic mass is 10.1. The molecule has 0 unspecified atom stereocenters. The van der Waals surface area contributed by atoms with E-state index in [4.69, 9.17) is 18.7 Å². The molecule has 31 heavy (non-hydrogen) atoms. The highest BCUT2D eigenvalue weighted by molar-refractivity contribution is 5.97. The third-order valence-electron chi connectivity index (χ3n) is 4.64. The molecule has 0 amide bonds. The van der Waals surface area contributed by atoms with E-state index in [0.717, 1.165) is 5.56 Å². The molecule has 3 aromatic carbocycles. The number of methoxy groups -OCH3 is 2. The zero-order valence-electron chi connectivity index (χ0n) is 17.1. The van der Waals surface area contributed by atoms with Crippen LogP contribution in [-0.4, -0.2) is 36.8 Å². The van der Waals surface area contributed by atoms with E-state index >= 15 is 0 Å². The van der Waals surface area contributed by atoms with Gasteiger partial charge in [-0.15, -0.1) is 0 Å². The van der Waals surface area contributed by atoms with E-state index < -0.39 is 0 Å². The van der Waals surface area contributed by atoms with Crippen LogP contribution >= 0.6 is 0 Å². The largest absolute Gasteiger partial charge is 0.497 e. The van der Waals surface area contributed by atoms with Crippen LogP contribution in [0.5, 0.6) is 17.2 Å². The minimum atomic E-state index is -0.153. The van der Waals surface area contributed by atoms with Crippen molar-refractivity contribution in [1.82, 2.24) is 10.1 Å². The topological polar surface area (TPSA) is 83.7 Å². The number of rotatable bonds is 8. The van der Waals surface area contributed by atoms with Crippen molar-refractivity contribution in [1.29, 1.82) is 0 Å². The molecule has 156 valence electrons. The van der Waals surface area contributed by atoms with Crippen molar-refractivity contribution in [2.45, 2.75) is 0 Å². The summed E-state index contributed by atoms with van der Waals surface area (Å²) in [5, 5.41) is 4.05. The maximum Gasteiger partial charge on any atom is 0.258 e. The van der Waals surface area contributed by atoms with Crippen molar-refractivity contribution in [3.8, 4) is 40.1 Å². The van der Waals surface area contributed by atoms with Gasteiger partial charge in [-0.2, -0.15) is 4.98 Å². The van der Waals surface area contributed by atoms with Crippen LogP contribution in [0.15, 0.2) is 77.3 Å². The number of ketones is 1. The van der Waals surface area contributed by atoms with Gasteiger partial charge in [0.05, 0.1) is 14.2 Å². The smallest absolute Gasteiger partial charge is 0.258 e. The van der Waals surface area contributed by atoms with Crippen LogP contribution in [-0.2, 0) is 0 Å². The highest BCUT2D eigenvalue weighted by Gasteiger charge is 2.15. The summed E-state index contributed by atoms with van der Waals surface area (Å²) in [4.78, 5) is 16.8. The maximum atomic E-state index is 12.4. The fourth-order valence-electron chi connectivity index (χ4n) is 2.97. The minimum Gasteiger partial charge on any atom is -0.497 e. The van der Waals surface area contributed by atoms with Crippen molar-refractivity contribution < 1.29 is 23.5 Å². The molecule has 7 heteroatoms. The zero-order valence-corrected chi connectivity index (χ0v) is 17.1. The van der Waals surface area contributed by atoms with Crippen molar-refractivity contribution in [3.63, 3.8) is 0 Å².